The molecule has 1 rings (SSSR count). The number of anilines is 1. The number of carbonyl (C=O) groups is 1. The molecule has 0 unspecified atom stereocenters. The van der Waals surface area contributed by atoms with Crippen molar-refractivity contribution in [3.8, 4) is 0 Å². The van der Waals surface area contributed by atoms with E-state index in [1.165, 1.54) is 0 Å². The number of rotatable bonds is 3. The Balaban J connectivity index is 2.55. The van der Waals surface area contributed by atoms with E-state index in [9.17, 15) is 4.79 Å². The van der Waals surface area contributed by atoms with Crippen molar-refractivity contribution in [2.75, 3.05) is 18.9 Å². The number of carbonyl (C=O) groups excluding carboxylic acids is 1. The predicted octanol–water partition coefficient (Wildman–Crippen LogP) is 0.183. The van der Waals surface area contributed by atoms with Gasteiger partial charge in [-0.2, -0.15) is 0 Å². The van der Waals surface area contributed by atoms with E-state index in [1.54, 1.807) is 13.2 Å². The third-order valence-electron chi connectivity index (χ3n) is 1.62. The second kappa shape index (κ2) is 4.45. The first-order valence-electron chi connectivity index (χ1n) is 3.77. The van der Waals surface area contributed by atoms with E-state index < -0.39 is 0 Å². The van der Waals surface area contributed by atoms with E-state index in [1.807, 2.05) is 11.6 Å². The summed E-state index contributed by atoms with van der Waals surface area (Å²) in [4.78, 5) is 15.0. The number of imidazole rings is 1. The average molecular weight is 294 g/mol. The van der Waals surface area contributed by atoms with E-state index >= 15 is 0 Å². The summed E-state index contributed by atoms with van der Waals surface area (Å²) in [5.74, 6) is 0.644. The summed E-state index contributed by atoms with van der Waals surface area (Å²) in [6, 6.07) is 0. The topological polar surface area (TPSA) is 59.0 Å². The second-order valence-electron chi connectivity index (χ2n) is 2.49. The van der Waals surface area contributed by atoms with Crippen LogP contribution in [-0.2, 0) is 11.8 Å². The van der Waals surface area contributed by atoms with Crippen LogP contribution in [-0.4, -0.2) is 29.1 Å². The fourth-order valence-electron chi connectivity index (χ4n) is 0.801. The van der Waals surface area contributed by atoms with Crippen LogP contribution in [0.2, 0.25) is 0 Å². The fraction of sp³-hybridized carbons (Fsp3) is 0.429. The zero-order valence-corrected chi connectivity index (χ0v) is 9.62. The quantitative estimate of drug-likeness (QED) is 0.782. The maximum Gasteiger partial charge on any atom is 0.239 e. The number of hydrogen-bond donors (Lipinski definition) is 2. The van der Waals surface area contributed by atoms with Gasteiger partial charge >= 0.3 is 0 Å². The lowest BCUT2D eigenvalue weighted by atomic mass is 10.6. The van der Waals surface area contributed by atoms with E-state index in [4.69, 9.17) is 0 Å². The number of halogens is 1. The molecule has 0 aromatic carbocycles. The summed E-state index contributed by atoms with van der Waals surface area (Å²) in [5, 5.41) is 5.44. The zero-order valence-electron chi connectivity index (χ0n) is 7.47. The van der Waals surface area contributed by atoms with Gasteiger partial charge < -0.3 is 15.2 Å². The number of likely N-dealkylation sites (N-methyl/N-ethyl adjacent to an activating group) is 1. The van der Waals surface area contributed by atoms with Crippen molar-refractivity contribution in [2.45, 2.75) is 0 Å². The van der Waals surface area contributed by atoms with Gasteiger partial charge in [-0.25, -0.2) is 4.98 Å². The number of hydrogen-bond acceptors (Lipinski definition) is 3. The molecule has 1 aromatic heterocycles. The first-order chi connectivity index (χ1) is 6.15. The second-order valence-corrected chi connectivity index (χ2v) is 3.60. The van der Waals surface area contributed by atoms with Gasteiger partial charge in [-0.15, -0.1) is 0 Å². The lowest BCUT2D eigenvalue weighted by Crippen LogP contribution is -2.27. The molecule has 0 saturated carbocycles. The highest BCUT2D eigenvalue weighted by Gasteiger charge is 2.04. The van der Waals surface area contributed by atoms with E-state index in [0.29, 0.717) is 5.95 Å². The maximum absolute atomic E-state index is 10.9. The van der Waals surface area contributed by atoms with Crippen molar-refractivity contribution in [3.05, 3.63) is 9.90 Å². The van der Waals surface area contributed by atoms with Gasteiger partial charge in [-0.1, -0.05) is 0 Å². The normalized spacial score (nSPS) is 9.77. The molecular formula is C7H11IN4O. The Morgan fingerprint density at radius 2 is 2.46 bits per heavy atom. The lowest BCUT2D eigenvalue weighted by Gasteiger charge is -2.04. The molecule has 0 aliphatic carbocycles. The van der Waals surface area contributed by atoms with Gasteiger partial charge in [0.25, 0.3) is 0 Å². The summed E-state index contributed by atoms with van der Waals surface area (Å²) in [7, 11) is 3.49. The molecule has 0 aliphatic heterocycles. The molecule has 2 N–H and O–H groups in total. The minimum atomic E-state index is -0.0574. The Morgan fingerprint density at radius 3 is 2.92 bits per heavy atom. The largest absolute Gasteiger partial charge is 0.358 e. The maximum atomic E-state index is 10.9. The molecule has 0 atom stereocenters. The number of aromatic nitrogens is 2. The van der Waals surface area contributed by atoms with Crippen molar-refractivity contribution in [3.63, 3.8) is 0 Å². The number of amides is 1. The Kier molecular flexibility index (Phi) is 3.52. The van der Waals surface area contributed by atoms with Gasteiger partial charge in [-0.05, 0) is 22.6 Å². The first-order valence-corrected chi connectivity index (χ1v) is 4.84. The van der Waals surface area contributed by atoms with Crippen LogP contribution in [0.5, 0.6) is 0 Å². The molecule has 0 saturated heterocycles. The summed E-state index contributed by atoms with van der Waals surface area (Å²) in [6.07, 6.45) is 1.74. The van der Waals surface area contributed by atoms with Crippen LogP contribution in [0.4, 0.5) is 5.95 Å². The molecule has 6 heteroatoms. The summed E-state index contributed by atoms with van der Waals surface area (Å²) < 4.78 is 2.90. The molecule has 0 spiro atoms. The Bertz CT molecular complexity index is 309. The van der Waals surface area contributed by atoms with Gasteiger partial charge in [0, 0.05) is 14.1 Å². The standard InChI is InChI=1S/C7H11IN4O/c1-9-6(13)4-11-7-10-3-5(8)12(7)2/h3H,4H2,1-2H3,(H,9,13)(H,10,11). The molecule has 1 heterocycles. The summed E-state index contributed by atoms with van der Waals surface area (Å²) >= 11 is 2.17. The highest BCUT2D eigenvalue weighted by atomic mass is 127. The molecule has 1 aromatic rings. The Hall–Kier alpha value is -0.790. The van der Waals surface area contributed by atoms with Crippen LogP contribution in [0, 0.1) is 3.70 Å². The van der Waals surface area contributed by atoms with Gasteiger partial charge in [-0.3, -0.25) is 4.79 Å². The molecule has 0 radical (unpaired) electrons. The van der Waals surface area contributed by atoms with E-state index in [2.05, 4.69) is 38.2 Å². The van der Waals surface area contributed by atoms with Crippen molar-refractivity contribution in [2.24, 2.45) is 7.05 Å². The van der Waals surface area contributed by atoms with Gasteiger partial charge in [0.05, 0.1) is 12.7 Å². The molecule has 13 heavy (non-hydrogen) atoms. The van der Waals surface area contributed by atoms with Crippen LogP contribution in [0.15, 0.2) is 6.20 Å². The van der Waals surface area contributed by atoms with Gasteiger partial charge in [0.2, 0.25) is 11.9 Å². The fourth-order valence-corrected chi connectivity index (χ4v) is 1.17. The Labute approximate surface area is 90.1 Å². The van der Waals surface area contributed by atoms with Crippen LogP contribution in [0.1, 0.15) is 0 Å². The van der Waals surface area contributed by atoms with Crippen molar-refractivity contribution < 1.29 is 4.79 Å². The molecule has 0 bridgehead atoms. The molecular weight excluding hydrogens is 283 g/mol. The van der Waals surface area contributed by atoms with Gasteiger partial charge in [0.1, 0.15) is 3.70 Å². The van der Waals surface area contributed by atoms with Crippen LogP contribution in [0.25, 0.3) is 0 Å². The van der Waals surface area contributed by atoms with Crippen LogP contribution < -0.4 is 10.6 Å². The smallest absolute Gasteiger partial charge is 0.239 e. The van der Waals surface area contributed by atoms with Gasteiger partial charge in [0.15, 0.2) is 0 Å². The lowest BCUT2D eigenvalue weighted by molar-refractivity contribution is -0.118. The third-order valence-corrected chi connectivity index (χ3v) is 2.62. The predicted molar refractivity (Wildman–Crippen MR) is 58.5 cm³/mol. The summed E-state index contributed by atoms with van der Waals surface area (Å²) in [5.41, 5.74) is 0. The first kappa shape index (κ1) is 10.3. The summed E-state index contributed by atoms with van der Waals surface area (Å²) in [6.45, 7) is 0.247. The van der Waals surface area contributed by atoms with E-state index in [-0.39, 0.29) is 12.5 Å². The zero-order chi connectivity index (χ0) is 9.84. The molecule has 5 nitrogen and oxygen atoms in total. The van der Waals surface area contributed by atoms with Crippen molar-refractivity contribution in [1.29, 1.82) is 0 Å². The highest BCUT2D eigenvalue weighted by Crippen LogP contribution is 2.09. The monoisotopic (exact) mass is 294 g/mol. The molecule has 0 aliphatic rings. The number of nitrogens with one attached hydrogen (secondary N) is 2. The minimum absolute atomic E-state index is 0.0574. The van der Waals surface area contributed by atoms with Crippen molar-refractivity contribution >= 4 is 34.4 Å². The average Bonchev–Trinajstić information content (AvgIpc) is 2.44. The van der Waals surface area contributed by atoms with E-state index in [0.717, 1.165) is 3.70 Å². The molecule has 72 valence electrons. The highest BCUT2D eigenvalue weighted by molar-refractivity contribution is 14.1. The van der Waals surface area contributed by atoms with Crippen LogP contribution >= 0.6 is 22.6 Å². The third kappa shape index (κ3) is 2.58. The molecule has 0 fully saturated rings. The SMILES string of the molecule is CNC(=O)CNc1ncc(I)n1C. The number of nitrogens with zero attached hydrogens (tertiary/aromatic N) is 2. The Morgan fingerprint density at radius 1 is 1.77 bits per heavy atom. The van der Waals surface area contributed by atoms with Crippen LogP contribution in [0.3, 0.4) is 0 Å². The minimum Gasteiger partial charge on any atom is -0.358 e. The van der Waals surface area contributed by atoms with Crippen molar-refractivity contribution in [1.82, 2.24) is 14.9 Å². The molecule has 1 amide bonds.